The molecule has 0 radical (unpaired) electrons. The molecule has 0 aromatic heterocycles. The first kappa shape index (κ1) is 14.7. The minimum atomic E-state index is -0.941. The van der Waals surface area contributed by atoms with Gasteiger partial charge < -0.3 is 20.1 Å². The second kappa shape index (κ2) is 7.13. The maximum absolute atomic E-state index is 12.0. The van der Waals surface area contributed by atoms with Gasteiger partial charge in [-0.1, -0.05) is 6.08 Å². The van der Waals surface area contributed by atoms with Gasteiger partial charge >= 0.3 is 5.97 Å². The summed E-state index contributed by atoms with van der Waals surface area (Å²) < 4.78 is 5.18. The first-order valence-corrected chi connectivity index (χ1v) is 6.02. The number of morpholine rings is 1. The summed E-state index contributed by atoms with van der Waals surface area (Å²) in [4.78, 5) is 24.3. The highest BCUT2D eigenvalue weighted by Gasteiger charge is 2.21. The smallest absolute Gasteiger partial charge is 0.330 e. The van der Waals surface area contributed by atoms with Crippen molar-refractivity contribution >= 4 is 11.9 Å². The van der Waals surface area contributed by atoms with Gasteiger partial charge in [-0.05, 0) is 13.8 Å². The van der Waals surface area contributed by atoms with Gasteiger partial charge in [0.1, 0.15) is 0 Å². The third-order valence-corrected chi connectivity index (χ3v) is 2.86. The number of amides is 1. The van der Waals surface area contributed by atoms with Gasteiger partial charge in [-0.2, -0.15) is 0 Å². The molecule has 6 nitrogen and oxygen atoms in total. The Kier molecular flexibility index (Phi) is 5.80. The molecule has 0 aromatic rings. The topological polar surface area (TPSA) is 78.9 Å². The second-order valence-corrected chi connectivity index (χ2v) is 4.26. The van der Waals surface area contributed by atoms with E-state index in [2.05, 4.69) is 5.32 Å². The molecule has 1 saturated heterocycles. The molecule has 1 rings (SSSR count). The summed E-state index contributed by atoms with van der Waals surface area (Å²) in [6, 6.07) is -0.319. The van der Waals surface area contributed by atoms with Crippen molar-refractivity contribution < 1.29 is 19.4 Å². The van der Waals surface area contributed by atoms with Gasteiger partial charge in [0, 0.05) is 25.2 Å². The summed E-state index contributed by atoms with van der Waals surface area (Å²) in [6.45, 7) is 6.08. The lowest BCUT2D eigenvalue weighted by atomic mass is 10.2. The number of ether oxygens (including phenoxy) is 1. The molecule has 0 spiro atoms. The SMILES string of the molecule is C/C(=C/CNC(C)C(=O)N1CCOCC1)C(=O)O. The van der Waals surface area contributed by atoms with E-state index in [0.29, 0.717) is 32.8 Å². The molecule has 1 heterocycles. The molecule has 0 aromatic carbocycles. The first-order chi connectivity index (χ1) is 8.52. The zero-order chi connectivity index (χ0) is 13.5. The van der Waals surface area contributed by atoms with Crippen molar-refractivity contribution in [3.05, 3.63) is 11.6 Å². The van der Waals surface area contributed by atoms with Crippen LogP contribution < -0.4 is 5.32 Å². The van der Waals surface area contributed by atoms with Gasteiger partial charge in [-0.3, -0.25) is 4.79 Å². The normalized spacial score (nSPS) is 18.6. The highest BCUT2D eigenvalue weighted by Crippen LogP contribution is 2.00. The fourth-order valence-electron chi connectivity index (χ4n) is 1.62. The van der Waals surface area contributed by atoms with Gasteiger partial charge in [-0.25, -0.2) is 4.79 Å². The Morgan fingerprint density at radius 3 is 2.61 bits per heavy atom. The van der Waals surface area contributed by atoms with Crippen LogP contribution in [0.15, 0.2) is 11.6 Å². The van der Waals surface area contributed by atoms with Crippen molar-refractivity contribution in [1.29, 1.82) is 0 Å². The lowest BCUT2D eigenvalue weighted by molar-refractivity contribution is -0.137. The average Bonchev–Trinajstić information content (AvgIpc) is 2.38. The lowest BCUT2D eigenvalue weighted by Gasteiger charge is -2.29. The Bertz CT molecular complexity index is 335. The Hall–Kier alpha value is -1.40. The molecule has 1 amide bonds. The number of nitrogens with zero attached hydrogens (tertiary/aromatic N) is 1. The molecule has 1 aliphatic heterocycles. The Balaban J connectivity index is 2.35. The average molecular weight is 256 g/mol. The van der Waals surface area contributed by atoms with E-state index in [1.165, 1.54) is 6.92 Å². The summed E-state index contributed by atoms with van der Waals surface area (Å²) in [5.41, 5.74) is 0.272. The summed E-state index contributed by atoms with van der Waals surface area (Å²) in [6.07, 6.45) is 1.56. The zero-order valence-electron chi connectivity index (χ0n) is 10.8. The quantitative estimate of drug-likeness (QED) is 0.669. The Labute approximate surface area is 107 Å². The summed E-state index contributed by atoms with van der Waals surface area (Å²) in [7, 11) is 0. The predicted octanol–water partition coefficient (Wildman–Crippen LogP) is -0.146. The molecular formula is C12H20N2O4. The molecule has 0 bridgehead atoms. The maximum atomic E-state index is 12.0. The van der Waals surface area contributed by atoms with Crippen molar-refractivity contribution in [2.45, 2.75) is 19.9 Å². The molecule has 102 valence electrons. The number of aliphatic carboxylic acids is 1. The van der Waals surface area contributed by atoms with Crippen LogP contribution in [0.5, 0.6) is 0 Å². The van der Waals surface area contributed by atoms with Crippen LogP contribution >= 0.6 is 0 Å². The molecule has 1 fully saturated rings. The summed E-state index contributed by atoms with van der Waals surface area (Å²) in [5.74, 6) is -0.913. The molecule has 0 saturated carbocycles. The minimum absolute atomic E-state index is 0.0275. The van der Waals surface area contributed by atoms with E-state index in [9.17, 15) is 9.59 Å². The van der Waals surface area contributed by atoms with Crippen LogP contribution in [0.2, 0.25) is 0 Å². The van der Waals surface area contributed by atoms with Gasteiger partial charge in [0.15, 0.2) is 0 Å². The molecule has 1 atom stereocenters. The van der Waals surface area contributed by atoms with Crippen LogP contribution in [0.1, 0.15) is 13.8 Å². The third kappa shape index (κ3) is 4.46. The molecular weight excluding hydrogens is 236 g/mol. The van der Waals surface area contributed by atoms with E-state index in [1.807, 2.05) is 0 Å². The third-order valence-electron chi connectivity index (χ3n) is 2.86. The van der Waals surface area contributed by atoms with E-state index in [4.69, 9.17) is 9.84 Å². The van der Waals surface area contributed by atoms with Crippen LogP contribution in [0.4, 0.5) is 0 Å². The number of carbonyl (C=O) groups excluding carboxylic acids is 1. The summed E-state index contributed by atoms with van der Waals surface area (Å²) >= 11 is 0. The number of carboxylic acids is 1. The molecule has 18 heavy (non-hydrogen) atoms. The fourth-order valence-corrected chi connectivity index (χ4v) is 1.62. The monoisotopic (exact) mass is 256 g/mol. The highest BCUT2D eigenvalue weighted by molar-refractivity contribution is 5.85. The van der Waals surface area contributed by atoms with Crippen molar-refractivity contribution in [2.24, 2.45) is 0 Å². The second-order valence-electron chi connectivity index (χ2n) is 4.26. The Morgan fingerprint density at radius 2 is 2.06 bits per heavy atom. The zero-order valence-corrected chi connectivity index (χ0v) is 10.8. The van der Waals surface area contributed by atoms with Crippen LogP contribution in [-0.2, 0) is 14.3 Å². The van der Waals surface area contributed by atoms with E-state index in [0.717, 1.165) is 0 Å². The van der Waals surface area contributed by atoms with Crippen LogP contribution in [-0.4, -0.2) is 60.8 Å². The molecule has 1 unspecified atom stereocenters. The van der Waals surface area contributed by atoms with Crippen LogP contribution in [0.3, 0.4) is 0 Å². The molecule has 1 aliphatic rings. The van der Waals surface area contributed by atoms with E-state index in [1.54, 1.807) is 17.9 Å². The van der Waals surface area contributed by atoms with Crippen molar-refractivity contribution in [1.82, 2.24) is 10.2 Å². The lowest BCUT2D eigenvalue weighted by Crippen LogP contribution is -2.49. The van der Waals surface area contributed by atoms with Crippen LogP contribution in [0, 0.1) is 0 Å². The fraction of sp³-hybridized carbons (Fsp3) is 0.667. The van der Waals surface area contributed by atoms with Crippen molar-refractivity contribution in [3.8, 4) is 0 Å². The molecule has 0 aliphatic carbocycles. The number of hydrogen-bond donors (Lipinski definition) is 2. The summed E-state index contributed by atoms with van der Waals surface area (Å²) in [5, 5.41) is 11.7. The number of carboxylic acid groups (broad SMARTS) is 1. The van der Waals surface area contributed by atoms with E-state index in [-0.39, 0.29) is 17.5 Å². The number of carbonyl (C=O) groups is 2. The van der Waals surface area contributed by atoms with Gasteiger partial charge in [0.2, 0.25) is 5.91 Å². The van der Waals surface area contributed by atoms with Crippen molar-refractivity contribution in [2.75, 3.05) is 32.8 Å². The highest BCUT2D eigenvalue weighted by atomic mass is 16.5. The minimum Gasteiger partial charge on any atom is -0.478 e. The predicted molar refractivity (Wildman–Crippen MR) is 66.3 cm³/mol. The van der Waals surface area contributed by atoms with Crippen molar-refractivity contribution in [3.63, 3.8) is 0 Å². The van der Waals surface area contributed by atoms with Crippen LogP contribution in [0.25, 0.3) is 0 Å². The maximum Gasteiger partial charge on any atom is 0.330 e. The van der Waals surface area contributed by atoms with Gasteiger partial charge in [0.05, 0.1) is 19.3 Å². The first-order valence-electron chi connectivity index (χ1n) is 6.02. The van der Waals surface area contributed by atoms with Gasteiger partial charge in [0.25, 0.3) is 0 Å². The Morgan fingerprint density at radius 1 is 1.44 bits per heavy atom. The largest absolute Gasteiger partial charge is 0.478 e. The van der Waals surface area contributed by atoms with Gasteiger partial charge in [-0.15, -0.1) is 0 Å². The standard InChI is InChI=1S/C12H20N2O4/c1-9(12(16)17)3-4-13-10(2)11(15)14-5-7-18-8-6-14/h3,10,13H,4-8H2,1-2H3,(H,16,17)/b9-3-. The number of nitrogens with one attached hydrogen (secondary N) is 1. The molecule has 6 heteroatoms. The number of hydrogen-bond acceptors (Lipinski definition) is 4. The van der Waals surface area contributed by atoms with E-state index >= 15 is 0 Å². The molecule has 2 N–H and O–H groups in total. The van der Waals surface area contributed by atoms with E-state index < -0.39 is 5.97 Å². The number of rotatable bonds is 5.